The van der Waals surface area contributed by atoms with Crippen LogP contribution in [0.3, 0.4) is 0 Å². The number of carbonyl (C=O) groups excluding carboxylic acids is 2. The summed E-state index contributed by atoms with van der Waals surface area (Å²) in [5, 5.41) is 2.56. The van der Waals surface area contributed by atoms with Crippen molar-refractivity contribution < 1.29 is 49.4 Å². The van der Waals surface area contributed by atoms with E-state index >= 15 is 0 Å². The maximum atomic E-state index is 13.4. The van der Waals surface area contributed by atoms with Gasteiger partial charge in [0.2, 0.25) is 15.9 Å². The van der Waals surface area contributed by atoms with Gasteiger partial charge in [-0.15, -0.1) is 0 Å². The van der Waals surface area contributed by atoms with E-state index in [0.717, 1.165) is 16.4 Å². The number of carbonyl (C=O) groups is 2. The van der Waals surface area contributed by atoms with E-state index in [0.29, 0.717) is 17.7 Å². The fourth-order valence-electron chi connectivity index (χ4n) is 3.81. The fourth-order valence-corrected chi connectivity index (χ4v) is 5.38. The van der Waals surface area contributed by atoms with Crippen LogP contribution in [-0.4, -0.2) is 67.5 Å². The zero-order chi connectivity index (χ0) is 29.9. The van der Waals surface area contributed by atoms with Crippen LogP contribution in [-0.2, 0) is 32.3 Å². The molecule has 0 aliphatic carbocycles. The van der Waals surface area contributed by atoms with Crippen molar-refractivity contribution in [3.8, 4) is 5.75 Å². The van der Waals surface area contributed by atoms with Crippen molar-refractivity contribution in [2.24, 2.45) is 0 Å². The number of amides is 2. The summed E-state index contributed by atoms with van der Waals surface area (Å²) < 4.78 is 101. The smallest absolute Gasteiger partial charge is 0.416 e. The van der Waals surface area contributed by atoms with Gasteiger partial charge in [0.25, 0.3) is 0 Å². The summed E-state index contributed by atoms with van der Waals surface area (Å²) in [6, 6.07) is 6.77. The summed E-state index contributed by atoms with van der Waals surface area (Å²) in [5.74, 6) is -0.893. The molecule has 0 saturated carbocycles. The molecule has 1 aliphatic rings. The van der Waals surface area contributed by atoms with Crippen LogP contribution in [0.5, 0.6) is 5.75 Å². The monoisotopic (exact) mass is 593 g/mol. The third-order valence-corrected chi connectivity index (χ3v) is 7.61. The number of halogens is 5. The summed E-state index contributed by atoms with van der Waals surface area (Å²) in [6.07, 6.45) is -5.44. The van der Waals surface area contributed by atoms with Gasteiger partial charge in [-0.25, -0.2) is 13.2 Å². The van der Waals surface area contributed by atoms with Crippen LogP contribution in [0.1, 0.15) is 31.9 Å². The van der Waals surface area contributed by atoms with Crippen LogP contribution in [0.15, 0.2) is 53.4 Å². The van der Waals surface area contributed by atoms with Gasteiger partial charge in [-0.05, 0) is 62.7 Å². The number of piperazine rings is 1. The molecular weight excluding hydrogens is 565 g/mol. The van der Waals surface area contributed by atoms with Crippen LogP contribution in [0.25, 0.3) is 0 Å². The normalized spacial score (nSPS) is 17.0. The van der Waals surface area contributed by atoms with Crippen molar-refractivity contribution in [1.82, 2.24) is 14.5 Å². The number of benzene rings is 2. The van der Waals surface area contributed by atoms with Crippen LogP contribution < -0.4 is 10.1 Å². The Morgan fingerprint density at radius 3 is 2.12 bits per heavy atom. The second kappa shape index (κ2) is 12.0. The van der Waals surface area contributed by atoms with Gasteiger partial charge in [-0.3, -0.25) is 4.79 Å². The Kier molecular flexibility index (Phi) is 9.29. The Labute approximate surface area is 227 Å². The van der Waals surface area contributed by atoms with Crippen LogP contribution in [0.4, 0.5) is 26.7 Å². The lowest BCUT2D eigenvalue weighted by molar-refractivity contribution is -0.137. The Morgan fingerprint density at radius 2 is 1.60 bits per heavy atom. The lowest BCUT2D eigenvalue weighted by Gasteiger charge is -2.39. The summed E-state index contributed by atoms with van der Waals surface area (Å²) in [5.41, 5.74) is -1.43. The number of hydrogen-bond acceptors (Lipinski definition) is 6. The molecule has 1 fully saturated rings. The molecule has 1 N–H and O–H groups in total. The van der Waals surface area contributed by atoms with E-state index < -0.39 is 56.9 Å². The molecule has 1 heterocycles. The Morgan fingerprint density at radius 1 is 1.00 bits per heavy atom. The molecule has 220 valence electrons. The number of nitrogens with zero attached hydrogens (tertiary/aromatic N) is 2. The molecule has 3 rings (SSSR count). The first-order valence-electron chi connectivity index (χ1n) is 12.0. The molecule has 40 heavy (non-hydrogen) atoms. The second-order valence-corrected chi connectivity index (χ2v) is 11.7. The number of rotatable bonds is 7. The van der Waals surface area contributed by atoms with E-state index in [4.69, 9.17) is 4.74 Å². The van der Waals surface area contributed by atoms with Crippen molar-refractivity contribution in [3.05, 3.63) is 59.7 Å². The molecule has 1 aliphatic heterocycles. The molecule has 1 atom stereocenters. The van der Waals surface area contributed by atoms with Gasteiger partial charge in [0.15, 0.2) is 0 Å². The molecule has 2 aromatic carbocycles. The maximum Gasteiger partial charge on any atom is 0.416 e. The Hall–Kier alpha value is -3.46. The third-order valence-electron chi connectivity index (χ3n) is 5.69. The predicted molar refractivity (Wildman–Crippen MR) is 132 cm³/mol. The van der Waals surface area contributed by atoms with Gasteiger partial charge in [0.05, 0.1) is 10.5 Å². The molecule has 2 amide bonds. The van der Waals surface area contributed by atoms with Gasteiger partial charge < -0.3 is 19.7 Å². The van der Waals surface area contributed by atoms with Crippen molar-refractivity contribution in [2.75, 3.05) is 19.6 Å². The molecule has 0 aromatic heterocycles. The molecule has 9 nitrogen and oxygen atoms in total. The number of hydrogen-bond donors (Lipinski definition) is 1. The van der Waals surface area contributed by atoms with E-state index in [1.54, 1.807) is 20.8 Å². The van der Waals surface area contributed by atoms with Crippen LogP contribution >= 0.6 is 0 Å². The maximum absolute atomic E-state index is 13.4. The molecule has 15 heteroatoms. The van der Waals surface area contributed by atoms with Crippen molar-refractivity contribution >= 4 is 22.0 Å². The Balaban J connectivity index is 1.83. The first-order chi connectivity index (χ1) is 18.5. The number of sulfonamides is 1. The predicted octanol–water partition coefficient (Wildman–Crippen LogP) is 4.23. The highest BCUT2D eigenvalue weighted by Crippen LogP contribution is 2.31. The van der Waals surface area contributed by atoms with Gasteiger partial charge >= 0.3 is 18.9 Å². The number of alkyl halides is 5. The minimum atomic E-state index is -4.67. The third kappa shape index (κ3) is 8.03. The number of ether oxygens (including phenoxy) is 2. The molecule has 2 aromatic rings. The summed E-state index contributed by atoms with van der Waals surface area (Å²) in [6.45, 7) is 0.924. The summed E-state index contributed by atoms with van der Waals surface area (Å²) >= 11 is 0. The minimum absolute atomic E-state index is 0.0980. The van der Waals surface area contributed by atoms with Gasteiger partial charge in [0.1, 0.15) is 17.4 Å². The number of nitrogens with one attached hydrogen (secondary N) is 1. The highest BCUT2D eigenvalue weighted by Gasteiger charge is 2.42. The van der Waals surface area contributed by atoms with E-state index in [2.05, 4.69) is 10.1 Å². The lowest BCUT2D eigenvalue weighted by Crippen LogP contribution is -2.61. The van der Waals surface area contributed by atoms with Crippen molar-refractivity contribution in [2.45, 2.75) is 56.6 Å². The topological polar surface area (TPSA) is 105 Å². The SMILES string of the molecule is CC(C)(C)OC(=O)N1CCN(S(=O)(=O)c2ccc(C(F)(F)F)cc2)[C@@H](C(=O)NCc2ccc(OC(F)F)cc2)C1. The summed E-state index contributed by atoms with van der Waals surface area (Å²) in [7, 11) is -4.46. The van der Waals surface area contributed by atoms with Gasteiger partial charge in [-0.2, -0.15) is 26.3 Å². The quantitative estimate of drug-likeness (QED) is 0.482. The van der Waals surface area contributed by atoms with E-state index in [1.165, 1.54) is 29.2 Å². The molecule has 0 bridgehead atoms. The van der Waals surface area contributed by atoms with E-state index in [1.807, 2.05) is 0 Å². The zero-order valence-electron chi connectivity index (χ0n) is 21.7. The lowest BCUT2D eigenvalue weighted by atomic mass is 10.1. The fraction of sp³-hybridized carbons (Fsp3) is 0.440. The largest absolute Gasteiger partial charge is 0.444 e. The molecular formula is C25H28F5N3O6S. The average molecular weight is 594 g/mol. The minimum Gasteiger partial charge on any atom is -0.444 e. The van der Waals surface area contributed by atoms with Crippen LogP contribution in [0.2, 0.25) is 0 Å². The van der Waals surface area contributed by atoms with Gasteiger partial charge in [0, 0.05) is 26.2 Å². The first-order valence-corrected chi connectivity index (χ1v) is 13.4. The average Bonchev–Trinajstić information content (AvgIpc) is 2.86. The van der Waals surface area contributed by atoms with E-state index in [-0.39, 0.29) is 31.9 Å². The first kappa shape index (κ1) is 31.1. The molecule has 0 spiro atoms. The Bertz CT molecular complexity index is 1300. The van der Waals surface area contributed by atoms with E-state index in [9.17, 15) is 40.0 Å². The van der Waals surface area contributed by atoms with Gasteiger partial charge in [-0.1, -0.05) is 12.1 Å². The summed E-state index contributed by atoms with van der Waals surface area (Å²) in [4.78, 5) is 26.6. The standard InChI is InChI=1S/C25H28F5N3O6S/c1-24(2,3)39-23(35)32-12-13-33(40(36,37)19-10-6-17(7-11-19)25(28,29)30)20(15-32)21(34)31-14-16-4-8-18(9-5-16)38-22(26)27/h4-11,20,22H,12-15H2,1-3H3,(H,31,34)/t20-/m1/s1. The highest BCUT2D eigenvalue weighted by molar-refractivity contribution is 7.89. The second-order valence-electron chi connectivity index (χ2n) is 9.82. The van der Waals surface area contributed by atoms with Crippen molar-refractivity contribution in [3.63, 3.8) is 0 Å². The zero-order valence-corrected chi connectivity index (χ0v) is 22.6. The van der Waals surface area contributed by atoms with Crippen LogP contribution in [0, 0.1) is 0 Å². The molecule has 1 saturated heterocycles. The molecule has 0 unspecified atom stereocenters. The highest BCUT2D eigenvalue weighted by atomic mass is 32.2. The van der Waals surface area contributed by atoms with Crippen molar-refractivity contribution in [1.29, 1.82) is 0 Å². The molecule has 0 radical (unpaired) electrons.